The number of benzene rings is 3. The first-order valence-corrected chi connectivity index (χ1v) is 12.0. The molecular formula is C27H26N2O4S. The molecule has 174 valence electrons. The summed E-state index contributed by atoms with van der Waals surface area (Å²) < 4.78 is 6.14. The van der Waals surface area contributed by atoms with Crippen molar-refractivity contribution in [3.05, 3.63) is 83.4 Å². The third-order valence-electron chi connectivity index (χ3n) is 5.35. The van der Waals surface area contributed by atoms with E-state index in [2.05, 4.69) is 34.6 Å². The fraction of sp³-hybridized carbons (Fsp3) is 0.222. The van der Waals surface area contributed by atoms with Crippen molar-refractivity contribution >= 4 is 39.1 Å². The number of nitrogens with zero attached hydrogens (tertiary/aromatic N) is 1. The largest absolute Gasteiger partial charge is 0.480 e. The van der Waals surface area contributed by atoms with Crippen molar-refractivity contribution in [3.63, 3.8) is 0 Å². The number of thiazole rings is 1. The van der Waals surface area contributed by atoms with E-state index in [4.69, 9.17) is 9.84 Å². The van der Waals surface area contributed by atoms with Gasteiger partial charge in [0.15, 0.2) is 0 Å². The second-order valence-corrected chi connectivity index (χ2v) is 9.06. The summed E-state index contributed by atoms with van der Waals surface area (Å²) in [6, 6.07) is 24.1. The van der Waals surface area contributed by atoms with Crippen molar-refractivity contribution in [2.24, 2.45) is 0 Å². The first-order chi connectivity index (χ1) is 16.6. The average Bonchev–Trinajstić information content (AvgIpc) is 3.24. The molecule has 4 rings (SSSR count). The van der Waals surface area contributed by atoms with Crippen LogP contribution in [0.4, 0.5) is 5.69 Å². The lowest BCUT2D eigenvalue weighted by Crippen LogP contribution is -2.15. The number of aryl methyl sites for hydroxylation is 1. The molecule has 34 heavy (non-hydrogen) atoms. The van der Waals surface area contributed by atoms with Crippen molar-refractivity contribution in [1.29, 1.82) is 0 Å². The minimum Gasteiger partial charge on any atom is -0.480 e. The van der Waals surface area contributed by atoms with E-state index in [1.165, 1.54) is 0 Å². The zero-order chi connectivity index (χ0) is 23.8. The van der Waals surface area contributed by atoms with Gasteiger partial charge in [-0.1, -0.05) is 54.6 Å². The normalized spacial score (nSPS) is 10.9. The van der Waals surface area contributed by atoms with Gasteiger partial charge in [-0.2, -0.15) is 0 Å². The number of carboxylic acid groups (broad SMARTS) is 1. The molecule has 0 bridgehead atoms. The van der Waals surface area contributed by atoms with E-state index in [1.807, 2.05) is 48.5 Å². The van der Waals surface area contributed by atoms with Gasteiger partial charge in [0, 0.05) is 12.3 Å². The Morgan fingerprint density at radius 3 is 2.56 bits per heavy atom. The molecule has 0 aliphatic rings. The van der Waals surface area contributed by atoms with Gasteiger partial charge >= 0.3 is 5.97 Å². The van der Waals surface area contributed by atoms with Crippen LogP contribution < -0.4 is 5.32 Å². The van der Waals surface area contributed by atoms with E-state index in [1.54, 1.807) is 11.3 Å². The van der Waals surface area contributed by atoms with Crippen LogP contribution in [0, 0.1) is 0 Å². The number of aromatic nitrogens is 1. The van der Waals surface area contributed by atoms with Crippen LogP contribution in [0.5, 0.6) is 0 Å². The lowest BCUT2D eigenvalue weighted by Gasteiger charge is -2.10. The third kappa shape index (κ3) is 6.50. The lowest BCUT2D eigenvalue weighted by atomic mass is 10.1. The van der Waals surface area contributed by atoms with Crippen LogP contribution in [-0.2, 0) is 27.2 Å². The molecule has 7 heteroatoms. The molecule has 0 radical (unpaired) electrons. The maximum Gasteiger partial charge on any atom is 0.329 e. The van der Waals surface area contributed by atoms with Gasteiger partial charge in [-0.15, -0.1) is 11.3 Å². The van der Waals surface area contributed by atoms with Crippen LogP contribution in [0.25, 0.3) is 21.3 Å². The SMILES string of the molecule is O=C(O)COCCCCc1ccccc1NC(=O)Cc1nc2ccc(-c3ccccc3)cc2s1. The van der Waals surface area contributed by atoms with Gasteiger partial charge in [-0.05, 0) is 54.2 Å². The number of carbonyl (C=O) groups is 2. The minimum absolute atomic E-state index is 0.0976. The molecule has 0 unspecified atom stereocenters. The Morgan fingerprint density at radius 1 is 0.941 bits per heavy atom. The molecule has 2 N–H and O–H groups in total. The monoisotopic (exact) mass is 474 g/mol. The molecule has 0 fully saturated rings. The number of unbranched alkanes of at least 4 members (excludes halogenated alkanes) is 1. The highest BCUT2D eigenvalue weighted by Crippen LogP contribution is 2.28. The molecular weight excluding hydrogens is 448 g/mol. The molecule has 0 saturated carbocycles. The summed E-state index contributed by atoms with van der Waals surface area (Å²) in [5.41, 5.74) is 5.03. The Balaban J connectivity index is 1.35. The van der Waals surface area contributed by atoms with E-state index in [0.29, 0.717) is 6.61 Å². The van der Waals surface area contributed by atoms with Crippen LogP contribution in [0.2, 0.25) is 0 Å². The van der Waals surface area contributed by atoms with E-state index in [-0.39, 0.29) is 18.9 Å². The van der Waals surface area contributed by atoms with E-state index < -0.39 is 5.97 Å². The standard InChI is InChI=1S/C27H26N2O4S/c30-25(28-22-12-5-4-10-20(22)11-6-7-15-33-18-27(31)32)17-26-29-23-14-13-21(16-24(23)34-26)19-8-2-1-3-9-19/h1-5,8-10,12-14,16H,6-7,11,15,17-18H2,(H,28,30)(H,31,32). The van der Waals surface area contributed by atoms with Gasteiger partial charge < -0.3 is 15.2 Å². The fourth-order valence-corrected chi connectivity index (χ4v) is 4.73. The second-order valence-electron chi connectivity index (χ2n) is 7.94. The Bertz CT molecular complexity index is 1270. The molecule has 0 aliphatic heterocycles. The summed E-state index contributed by atoms with van der Waals surface area (Å²) in [6.45, 7) is 0.135. The molecule has 0 aliphatic carbocycles. The highest BCUT2D eigenvalue weighted by molar-refractivity contribution is 7.18. The van der Waals surface area contributed by atoms with Gasteiger partial charge in [-0.25, -0.2) is 9.78 Å². The van der Waals surface area contributed by atoms with Crippen LogP contribution in [-0.4, -0.2) is 35.2 Å². The van der Waals surface area contributed by atoms with E-state index >= 15 is 0 Å². The number of fused-ring (bicyclic) bond motifs is 1. The number of amides is 1. The van der Waals surface area contributed by atoms with Crippen LogP contribution in [0.1, 0.15) is 23.4 Å². The first-order valence-electron chi connectivity index (χ1n) is 11.2. The predicted octanol–water partition coefficient (Wildman–Crippen LogP) is 5.57. The number of rotatable bonds is 11. The number of ether oxygens (including phenoxy) is 1. The van der Waals surface area contributed by atoms with Gasteiger partial charge in [0.1, 0.15) is 11.6 Å². The highest BCUT2D eigenvalue weighted by atomic mass is 32.1. The maximum absolute atomic E-state index is 12.8. The summed E-state index contributed by atoms with van der Waals surface area (Å²) in [5, 5.41) is 12.4. The predicted molar refractivity (Wildman–Crippen MR) is 135 cm³/mol. The van der Waals surface area contributed by atoms with E-state index in [9.17, 15) is 9.59 Å². The van der Waals surface area contributed by atoms with Crippen molar-refractivity contribution in [3.8, 4) is 11.1 Å². The van der Waals surface area contributed by atoms with Crippen molar-refractivity contribution in [2.45, 2.75) is 25.7 Å². The Morgan fingerprint density at radius 2 is 1.74 bits per heavy atom. The summed E-state index contributed by atoms with van der Waals surface area (Å²) >= 11 is 1.55. The first kappa shape index (κ1) is 23.6. The number of carbonyl (C=O) groups excluding carboxylic acids is 1. The molecule has 4 aromatic rings. The van der Waals surface area contributed by atoms with Crippen molar-refractivity contribution in [1.82, 2.24) is 4.98 Å². The summed E-state index contributed by atoms with van der Waals surface area (Å²) in [7, 11) is 0. The van der Waals surface area contributed by atoms with Crippen LogP contribution in [0.3, 0.4) is 0 Å². The smallest absolute Gasteiger partial charge is 0.329 e. The molecule has 1 heterocycles. The summed E-state index contributed by atoms with van der Waals surface area (Å²) in [4.78, 5) is 27.9. The number of para-hydroxylation sites is 1. The van der Waals surface area contributed by atoms with Gasteiger partial charge in [-0.3, -0.25) is 4.79 Å². The topological polar surface area (TPSA) is 88.5 Å². The Labute approximate surface area is 202 Å². The van der Waals surface area contributed by atoms with Crippen LogP contribution >= 0.6 is 11.3 Å². The Hall–Kier alpha value is -3.55. The Kier molecular flexibility index (Phi) is 8.01. The number of anilines is 1. The number of nitrogens with one attached hydrogen (secondary N) is 1. The summed E-state index contributed by atoms with van der Waals surface area (Å²) in [6.07, 6.45) is 2.59. The number of hydrogen-bond acceptors (Lipinski definition) is 5. The number of hydrogen-bond donors (Lipinski definition) is 2. The highest BCUT2D eigenvalue weighted by Gasteiger charge is 2.12. The van der Waals surface area contributed by atoms with Crippen molar-refractivity contribution < 1.29 is 19.4 Å². The van der Waals surface area contributed by atoms with Crippen LogP contribution in [0.15, 0.2) is 72.8 Å². The van der Waals surface area contributed by atoms with E-state index in [0.717, 1.165) is 56.9 Å². The maximum atomic E-state index is 12.8. The zero-order valence-corrected chi connectivity index (χ0v) is 19.5. The van der Waals surface area contributed by atoms with Crippen molar-refractivity contribution in [2.75, 3.05) is 18.5 Å². The lowest BCUT2D eigenvalue weighted by molar-refractivity contribution is -0.142. The molecule has 3 aromatic carbocycles. The van der Waals surface area contributed by atoms with Gasteiger partial charge in [0.05, 0.1) is 16.6 Å². The molecule has 0 saturated heterocycles. The summed E-state index contributed by atoms with van der Waals surface area (Å²) in [5.74, 6) is -1.06. The fourth-order valence-electron chi connectivity index (χ4n) is 3.73. The second kappa shape index (κ2) is 11.5. The molecule has 6 nitrogen and oxygen atoms in total. The van der Waals surface area contributed by atoms with Gasteiger partial charge in [0.2, 0.25) is 5.91 Å². The number of aliphatic carboxylic acids is 1. The average molecular weight is 475 g/mol. The molecule has 1 aromatic heterocycles. The zero-order valence-electron chi connectivity index (χ0n) is 18.7. The third-order valence-corrected chi connectivity index (χ3v) is 6.37. The quantitative estimate of drug-likeness (QED) is 0.278. The molecule has 0 atom stereocenters. The molecule has 1 amide bonds. The molecule has 0 spiro atoms. The van der Waals surface area contributed by atoms with Gasteiger partial charge in [0.25, 0.3) is 0 Å². The number of carboxylic acids is 1. The minimum atomic E-state index is -0.960.